The quantitative estimate of drug-likeness (QED) is 0.677. The topological polar surface area (TPSA) is 39.7 Å². The summed E-state index contributed by atoms with van der Waals surface area (Å²) in [6.45, 7) is 2.94. The van der Waals surface area contributed by atoms with Gasteiger partial charge in [-0.05, 0) is 59.7 Å². The molecule has 4 nitrogen and oxygen atoms in total. The molecule has 5 heteroatoms. The maximum atomic E-state index is 6.12. The van der Waals surface area contributed by atoms with E-state index in [0.29, 0.717) is 5.92 Å². The van der Waals surface area contributed by atoms with Crippen LogP contribution in [0.1, 0.15) is 35.3 Å². The van der Waals surface area contributed by atoms with Gasteiger partial charge in [0.05, 0.1) is 29.9 Å². The van der Waals surface area contributed by atoms with Crippen LogP contribution in [0.5, 0.6) is 11.5 Å². The molecule has 2 aromatic rings. The Morgan fingerprint density at radius 1 is 1.16 bits per heavy atom. The van der Waals surface area contributed by atoms with Crippen LogP contribution in [-0.4, -0.2) is 20.8 Å². The maximum Gasteiger partial charge on any atom is 0.174 e. The van der Waals surface area contributed by atoms with E-state index in [1.807, 2.05) is 0 Å². The van der Waals surface area contributed by atoms with Gasteiger partial charge in [-0.1, -0.05) is 17.7 Å². The minimum absolute atomic E-state index is 0.159. The van der Waals surface area contributed by atoms with Crippen molar-refractivity contribution in [2.24, 2.45) is 5.92 Å². The van der Waals surface area contributed by atoms with Crippen molar-refractivity contribution < 1.29 is 14.2 Å². The van der Waals surface area contributed by atoms with Crippen LogP contribution in [0.3, 0.4) is 0 Å². The van der Waals surface area contributed by atoms with Gasteiger partial charge < -0.3 is 19.5 Å². The lowest BCUT2D eigenvalue weighted by Crippen LogP contribution is -2.29. The molecule has 2 aliphatic rings. The normalized spacial score (nSPS) is 24.2. The smallest absolute Gasteiger partial charge is 0.174 e. The van der Waals surface area contributed by atoms with Gasteiger partial charge >= 0.3 is 0 Å². The number of nitrogens with one attached hydrogen (secondary N) is 1. The number of fused-ring (bicyclic) bond motifs is 3. The van der Waals surface area contributed by atoms with E-state index in [1.165, 1.54) is 22.4 Å². The van der Waals surface area contributed by atoms with Gasteiger partial charge in [-0.15, -0.1) is 0 Å². The average Bonchev–Trinajstić information content (AvgIpc) is 3.10. The number of methoxy groups -OCH3 is 2. The van der Waals surface area contributed by atoms with Crippen LogP contribution in [0, 0.1) is 16.4 Å². The third kappa shape index (κ3) is 2.87. The van der Waals surface area contributed by atoms with Gasteiger partial charge in [-0.2, -0.15) is 0 Å². The van der Waals surface area contributed by atoms with Crippen LogP contribution in [0.2, 0.25) is 0 Å². The van der Waals surface area contributed by atoms with Crippen molar-refractivity contribution in [1.82, 2.24) is 0 Å². The molecule has 0 saturated carbocycles. The fourth-order valence-corrected chi connectivity index (χ4v) is 4.89. The minimum Gasteiger partial charge on any atom is -0.493 e. The number of halogens is 1. The second-order valence-corrected chi connectivity index (χ2v) is 7.86. The molecule has 25 heavy (non-hydrogen) atoms. The van der Waals surface area contributed by atoms with Crippen LogP contribution in [-0.2, 0) is 4.74 Å². The molecule has 0 bridgehead atoms. The number of aryl methyl sites for hydroxylation is 1. The molecule has 4 rings (SSSR count). The summed E-state index contributed by atoms with van der Waals surface area (Å²) in [4.78, 5) is 0. The van der Waals surface area contributed by atoms with Crippen molar-refractivity contribution in [3.63, 3.8) is 0 Å². The third-order valence-corrected chi connectivity index (χ3v) is 6.01. The molecule has 1 N–H and O–H groups in total. The number of hydrogen-bond donors (Lipinski definition) is 1. The average molecular weight is 451 g/mol. The van der Waals surface area contributed by atoms with Gasteiger partial charge in [0.2, 0.25) is 0 Å². The number of rotatable bonds is 3. The molecule has 1 fully saturated rings. The summed E-state index contributed by atoms with van der Waals surface area (Å²) >= 11 is 2.31. The lowest BCUT2D eigenvalue weighted by Gasteiger charge is -2.37. The molecule has 0 aliphatic carbocycles. The molecule has 2 aromatic carbocycles. The summed E-state index contributed by atoms with van der Waals surface area (Å²) in [5, 5.41) is 3.75. The molecular formula is C20H22INO3. The van der Waals surface area contributed by atoms with Gasteiger partial charge in [0.1, 0.15) is 0 Å². The van der Waals surface area contributed by atoms with E-state index >= 15 is 0 Å². The van der Waals surface area contributed by atoms with Gasteiger partial charge in [0.25, 0.3) is 0 Å². The summed E-state index contributed by atoms with van der Waals surface area (Å²) in [6, 6.07) is 11.1. The first kappa shape index (κ1) is 17.0. The summed E-state index contributed by atoms with van der Waals surface area (Å²) in [5.41, 5.74) is 4.94. The van der Waals surface area contributed by atoms with Crippen LogP contribution in [0.25, 0.3) is 0 Å². The van der Waals surface area contributed by atoms with E-state index in [1.54, 1.807) is 14.2 Å². The Balaban J connectivity index is 1.78. The summed E-state index contributed by atoms with van der Waals surface area (Å²) in [6.07, 6.45) is 1.22. The minimum atomic E-state index is 0.159. The molecule has 3 unspecified atom stereocenters. The van der Waals surface area contributed by atoms with Crippen molar-refractivity contribution in [2.75, 3.05) is 26.1 Å². The summed E-state index contributed by atoms with van der Waals surface area (Å²) in [5.74, 6) is 1.98. The SMILES string of the molecule is COc1cc(C2Nc3ccc(C)cc3C3OCCC23)cc(I)c1OC. The van der Waals surface area contributed by atoms with E-state index in [2.05, 4.69) is 65.2 Å². The first-order chi connectivity index (χ1) is 12.1. The zero-order valence-corrected chi connectivity index (χ0v) is 16.8. The van der Waals surface area contributed by atoms with Crippen molar-refractivity contribution in [3.05, 3.63) is 50.6 Å². The molecule has 2 heterocycles. The predicted octanol–water partition coefficient (Wildman–Crippen LogP) is 4.86. The van der Waals surface area contributed by atoms with Crippen LogP contribution < -0.4 is 14.8 Å². The molecule has 2 aliphatic heterocycles. The van der Waals surface area contributed by atoms with Gasteiger partial charge in [-0.25, -0.2) is 0 Å². The summed E-state index contributed by atoms with van der Waals surface area (Å²) < 4.78 is 18.2. The second kappa shape index (κ2) is 6.68. The number of hydrogen-bond acceptors (Lipinski definition) is 4. The van der Waals surface area contributed by atoms with E-state index in [-0.39, 0.29) is 12.1 Å². The Bertz CT molecular complexity index is 808. The highest BCUT2D eigenvalue weighted by atomic mass is 127. The number of anilines is 1. The molecule has 0 spiro atoms. The Labute approximate surface area is 162 Å². The Morgan fingerprint density at radius 3 is 2.76 bits per heavy atom. The third-order valence-electron chi connectivity index (χ3n) is 5.21. The lowest BCUT2D eigenvalue weighted by molar-refractivity contribution is 0.0828. The Hall–Kier alpha value is -1.47. The fourth-order valence-electron chi connectivity index (χ4n) is 4.04. The lowest BCUT2D eigenvalue weighted by atomic mass is 9.80. The maximum absolute atomic E-state index is 6.12. The zero-order valence-electron chi connectivity index (χ0n) is 14.6. The van der Waals surface area contributed by atoms with Crippen LogP contribution >= 0.6 is 22.6 Å². The highest BCUT2D eigenvalue weighted by Crippen LogP contribution is 2.51. The standard InChI is InChI=1S/C20H22INO3/c1-11-4-5-16-14(8-11)19-13(6-7-25-19)18(22-16)12-9-15(21)20(24-3)17(10-12)23-2/h4-5,8-10,13,18-19,22H,6-7H2,1-3H3. The second-order valence-electron chi connectivity index (χ2n) is 6.69. The summed E-state index contributed by atoms with van der Waals surface area (Å²) in [7, 11) is 3.36. The number of ether oxygens (including phenoxy) is 3. The van der Waals surface area contributed by atoms with Gasteiger partial charge in [-0.3, -0.25) is 0 Å². The molecule has 0 radical (unpaired) electrons. The highest BCUT2D eigenvalue weighted by Gasteiger charge is 2.41. The van der Waals surface area contributed by atoms with E-state index < -0.39 is 0 Å². The molecule has 0 aromatic heterocycles. The van der Waals surface area contributed by atoms with Crippen LogP contribution in [0.4, 0.5) is 5.69 Å². The van der Waals surface area contributed by atoms with E-state index in [0.717, 1.165) is 28.1 Å². The zero-order chi connectivity index (χ0) is 17.6. The van der Waals surface area contributed by atoms with Crippen LogP contribution in [0.15, 0.2) is 30.3 Å². The van der Waals surface area contributed by atoms with Crippen molar-refractivity contribution in [3.8, 4) is 11.5 Å². The first-order valence-electron chi connectivity index (χ1n) is 8.52. The Kier molecular flexibility index (Phi) is 4.54. The fraction of sp³-hybridized carbons (Fsp3) is 0.400. The predicted molar refractivity (Wildman–Crippen MR) is 107 cm³/mol. The van der Waals surface area contributed by atoms with Crippen molar-refractivity contribution >= 4 is 28.3 Å². The Morgan fingerprint density at radius 2 is 2.00 bits per heavy atom. The van der Waals surface area contributed by atoms with E-state index in [4.69, 9.17) is 14.2 Å². The largest absolute Gasteiger partial charge is 0.493 e. The number of benzene rings is 2. The van der Waals surface area contributed by atoms with Gasteiger partial charge in [0.15, 0.2) is 11.5 Å². The van der Waals surface area contributed by atoms with Crippen molar-refractivity contribution in [2.45, 2.75) is 25.5 Å². The van der Waals surface area contributed by atoms with Crippen molar-refractivity contribution in [1.29, 1.82) is 0 Å². The first-order valence-corrected chi connectivity index (χ1v) is 9.60. The molecule has 0 amide bonds. The van der Waals surface area contributed by atoms with Gasteiger partial charge in [0, 0.05) is 23.8 Å². The monoisotopic (exact) mass is 451 g/mol. The van der Waals surface area contributed by atoms with E-state index in [9.17, 15) is 0 Å². The molecule has 3 atom stereocenters. The molecular weight excluding hydrogens is 429 g/mol. The molecule has 1 saturated heterocycles. The molecule has 132 valence electrons. The highest BCUT2D eigenvalue weighted by molar-refractivity contribution is 14.1.